The molecule has 0 saturated heterocycles. The second-order valence-corrected chi connectivity index (χ2v) is 5.36. The number of fused-ring (bicyclic) bond motifs is 1. The lowest BCUT2D eigenvalue weighted by Crippen LogP contribution is -2.43. The van der Waals surface area contributed by atoms with Gasteiger partial charge in [0.1, 0.15) is 5.82 Å². The van der Waals surface area contributed by atoms with Crippen molar-refractivity contribution in [3.63, 3.8) is 0 Å². The molecular weight excluding hydrogens is 243 g/mol. The monoisotopic (exact) mass is 260 g/mol. The number of hydrogen-bond acceptors (Lipinski definition) is 2. The average molecular weight is 260 g/mol. The zero-order valence-corrected chi connectivity index (χ0v) is 10.8. The molecular formula is C15H17FN2O. The lowest BCUT2D eigenvalue weighted by Gasteiger charge is -2.41. The Labute approximate surface area is 111 Å². The summed E-state index contributed by atoms with van der Waals surface area (Å²) in [6, 6.07) is 4.92. The van der Waals surface area contributed by atoms with Gasteiger partial charge >= 0.3 is 0 Å². The number of carbonyl (C=O) groups is 1. The van der Waals surface area contributed by atoms with Crippen molar-refractivity contribution in [2.45, 2.75) is 25.8 Å². The Balaban J connectivity index is 1.73. The van der Waals surface area contributed by atoms with E-state index in [9.17, 15) is 9.18 Å². The molecule has 19 heavy (non-hydrogen) atoms. The summed E-state index contributed by atoms with van der Waals surface area (Å²) in [6.07, 6.45) is 6.67. The van der Waals surface area contributed by atoms with E-state index in [4.69, 9.17) is 0 Å². The van der Waals surface area contributed by atoms with E-state index in [-0.39, 0.29) is 11.7 Å². The largest absolute Gasteiger partial charge is 0.379 e. The highest BCUT2D eigenvalue weighted by Gasteiger charge is 2.41. The number of benzene rings is 1. The molecule has 1 saturated carbocycles. The van der Waals surface area contributed by atoms with Crippen LogP contribution < -0.4 is 10.6 Å². The lowest BCUT2D eigenvalue weighted by atomic mass is 9.71. The van der Waals surface area contributed by atoms with E-state index in [0.29, 0.717) is 23.3 Å². The number of allylic oxidation sites excluding steroid dienone is 1. The molecule has 4 heteroatoms. The summed E-state index contributed by atoms with van der Waals surface area (Å²) in [5, 5.41) is 5.92. The maximum atomic E-state index is 13.8. The Morgan fingerprint density at radius 1 is 1.42 bits per heavy atom. The van der Waals surface area contributed by atoms with Gasteiger partial charge in [-0.2, -0.15) is 0 Å². The van der Waals surface area contributed by atoms with E-state index in [1.54, 1.807) is 12.1 Å². The van der Waals surface area contributed by atoms with Gasteiger partial charge < -0.3 is 10.6 Å². The van der Waals surface area contributed by atoms with Crippen molar-refractivity contribution in [2.75, 3.05) is 10.6 Å². The first-order chi connectivity index (χ1) is 9.13. The summed E-state index contributed by atoms with van der Waals surface area (Å²) in [7, 11) is 0. The van der Waals surface area contributed by atoms with Gasteiger partial charge in [0.15, 0.2) is 0 Å². The number of rotatable bonds is 3. The minimum Gasteiger partial charge on any atom is -0.379 e. The Hall–Kier alpha value is -1.84. The second-order valence-electron chi connectivity index (χ2n) is 5.36. The molecule has 3 atom stereocenters. The first-order valence-corrected chi connectivity index (χ1v) is 6.64. The average Bonchev–Trinajstić information content (AvgIpc) is 2.70. The van der Waals surface area contributed by atoms with E-state index in [2.05, 4.69) is 22.8 Å². The number of anilines is 2. The fourth-order valence-electron chi connectivity index (χ4n) is 3.00. The molecule has 2 aliphatic carbocycles. The van der Waals surface area contributed by atoms with Crippen LogP contribution in [0.3, 0.4) is 0 Å². The molecule has 0 bridgehead atoms. The molecule has 3 unspecified atom stereocenters. The van der Waals surface area contributed by atoms with Crippen molar-refractivity contribution in [1.29, 1.82) is 0 Å². The van der Waals surface area contributed by atoms with Gasteiger partial charge in [-0.15, -0.1) is 0 Å². The number of hydrogen-bond donors (Lipinski definition) is 2. The van der Waals surface area contributed by atoms with Crippen LogP contribution in [0.5, 0.6) is 0 Å². The molecule has 0 heterocycles. The predicted molar refractivity (Wildman–Crippen MR) is 73.5 cm³/mol. The highest BCUT2D eigenvalue weighted by Crippen LogP contribution is 2.44. The second kappa shape index (κ2) is 4.68. The summed E-state index contributed by atoms with van der Waals surface area (Å²) in [4.78, 5) is 11.0. The highest BCUT2D eigenvalue weighted by molar-refractivity contribution is 5.89. The lowest BCUT2D eigenvalue weighted by molar-refractivity contribution is -0.114. The predicted octanol–water partition coefficient (Wildman–Crippen LogP) is 3.16. The van der Waals surface area contributed by atoms with Crippen molar-refractivity contribution < 1.29 is 9.18 Å². The summed E-state index contributed by atoms with van der Waals surface area (Å²) in [5.74, 6) is 0.836. The van der Waals surface area contributed by atoms with Crippen LogP contribution in [0.4, 0.5) is 15.8 Å². The Kier molecular flexibility index (Phi) is 3.01. The molecule has 3 nitrogen and oxygen atoms in total. The fourth-order valence-corrected chi connectivity index (χ4v) is 3.00. The number of nitrogens with one attached hydrogen (secondary N) is 2. The normalized spacial score (nSPS) is 27.6. The van der Waals surface area contributed by atoms with Crippen molar-refractivity contribution in [3.05, 3.63) is 36.2 Å². The van der Waals surface area contributed by atoms with Crippen molar-refractivity contribution in [1.82, 2.24) is 0 Å². The van der Waals surface area contributed by atoms with Gasteiger partial charge in [0.05, 0.1) is 5.69 Å². The van der Waals surface area contributed by atoms with E-state index < -0.39 is 0 Å². The van der Waals surface area contributed by atoms with Gasteiger partial charge in [0.2, 0.25) is 5.91 Å². The molecule has 2 aliphatic rings. The Morgan fingerprint density at radius 3 is 3.00 bits per heavy atom. The quantitative estimate of drug-likeness (QED) is 0.820. The van der Waals surface area contributed by atoms with Gasteiger partial charge in [-0.25, -0.2) is 4.39 Å². The van der Waals surface area contributed by atoms with Crippen LogP contribution in [0, 0.1) is 17.7 Å². The van der Waals surface area contributed by atoms with Crippen molar-refractivity contribution >= 4 is 17.3 Å². The van der Waals surface area contributed by atoms with Crippen LogP contribution in [0.1, 0.15) is 19.8 Å². The van der Waals surface area contributed by atoms with Crippen LogP contribution in [0.25, 0.3) is 0 Å². The molecule has 0 radical (unpaired) electrons. The summed E-state index contributed by atoms with van der Waals surface area (Å²) in [5.41, 5.74) is 1.09. The summed E-state index contributed by atoms with van der Waals surface area (Å²) in [6.45, 7) is 1.44. The molecule has 2 N–H and O–H groups in total. The van der Waals surface area contributed by atoms with Gasteiger partial charge in [0, 0.05) is 24.6 Å². The molecule has 3 rings (SSSR count). The number of carbonyl (C=O) groups excluding carboxylic acids is 1. The third-order valence-corrected chi connectivity index (χ3v) is 3.99. The van der Waals surface area contributed by atoms with Crippen molar-refractivity contribution in [3.8, 4) is 0 Å². The van der Waals surface area contributed by atoms with E-state index in [0.717, 1.165) is 18.8 Å². The van der Waals surface area contributed by atoms with Crippen LogP contribution in [-0.2, 0) is 4.79 Å². The first-order valence-electron chi connectivity index (χ1n) is 6.64. The molecule has 1 fully saturated rings. The van der Waals surface area contributed by atoms with Crippen LogP contribution >= 0.6 is 0 Å². The highest BCUT2D eigenvalue weighted by atomic mass is 19.1. The van der Waals surface area contributed by atoms with Gasteiger partial charge in [-0.1, -0.05) is 12.2 Å². The molecule has 1 amide bonds. The summed E-state index contributed by atoms with van der Waals surface area (Å²) < 4.78 is 13.8. The number of halogens is 1. The molecule has 0 spiro atoms. The van der Waals surface area contributed by atoms with E-state index in [1.807, 2.05) is 0 Å². The molecule has 0 aromatic heterocycles. The van der Waals surface area contributed by atoms with Crippen LogP contribution in [0.15, 0.2) is 30.4 Å². The third-order valence-electron chi connectivity index (χ3n) is 3.99. The zero-order chi connectivity index (χ0) is 13.4. The first kappa shape index (κ1) is 12.2. The van der Waals surface area contributed by atoms with Gasteiger partial charge in [-0.3, -0.25) is 4.79 Å². The zero-order valence-electron chi connectivity index (χ0n) is 10.8. The third kappa shape index (κ3) is 2.35. The van der Waals surface area contributed by atoms with Gasteiger partial charge in [-0.05, 0) is 37.0 Å². The molecule has 0 aliphatic heterocycles. The Morgan fingerprint density at radius 2 is 2.26 bits per heavy atom. The van der Waals surface area contributed by atoms with Crippen LogP contribution in [0.2, 0.25) is 0 Å². The van der Waals surface area contributed by atoms with E-state index >= 15 is 0 Å². The SMILES string of the molecule is CC(=O)Nc1ccc(F)c(NC2CC3CC=CC32)c1. The smallest absolute Gasteiger partial charge is 0.221 e. The van der Waals surface area contributed by atoms with Gasteiger partial charge in [0.25, 0.3) is 0 Å². The minimum atomic E-state index is -0.278. The number of amides is 1. The maximum Gasteiger partial charge on any atom is 0.221 e. The minimum absolute atomic E-state index is 0.153. The molecule has 100 valence electrons. The Bertz CT molecular complexity index is 541. The molecule has 1 aromatic rings. The maximum absolute atomic E-state index is 13.8. The topological polar surface area (TPSA) is 41.1 Å². The van der Waals surface area contributed by atoms with E-state index in [1.165, 1.54) is 13.0 Å². The van der Waals surface area contributed by atoms with Crippen molar-refractivity contribution in [2.24, 2.45) is 11.8 Å². The fraction of sp³-hybridized carbons (Fsp3) is 0.400. The standard InChI is InChI=1S/C15H17FN2O/c1-9(19)17-11-5-6-13(16)15(8-11)18-14-7-10-3-2-4-12(10)14/h2,4-6,8,10,12,14,18H,3,7H2,1H3,(H,17,19). The molecule has 1 aromatic carbocycles. The summed E-state index contributed by atoms with van der Waals surface area (Å²) >= 11 is 0. The van der Waals surface area contributed by atoms with Crippen LogP contribution in [-0.4, -0.2) is 11.9 Å².